The molecule has 25 heavy (non-hydrogen) atoms. The van der Waals surface area contributed by atoms with E-state index in [2.05, 4.69) is 16.4 Å². The van der Waals surface area contributed by atoms with E-state index in [-0.39, 0.29) is 5.91 Å². The van der Waals surface area contributed by atoms with Crippen molar-refractivity contribution < 1.29 is 9.53 Å². The van der Waals surface area contributed by atoms with Gasteiger partial charge in [0.2, 0.25) is 5.91 Å². The summed E-state index contributed by atoms with van der Waals surface area (Å²) >= 11 is 0. The molecule has 1 amide bonds. The van der Waals surface area contributed by atoms with Crippen molar-refractivity contribution in [3.8, 4) is 11.8 Å². The highest BCUT2D eigenvalue weighted by Crippen LogP contribution is 2.51. The average Bonchev–Trinajstić information content (AvgIpc) is 3.35. The molecule has 3 aromatic rings. The number of carbonyl (C=O) groups excluding carboxylic acids is 1. The third-order valence-corrected chi connectivity index (χ3v) is 4.88. The lowest BCUT2D eigenvalue weighted by Gasteiger charge is -2.16. The first-order chi connectivity index (χ1) is 12.2. The molecule has 5 nitrogen and oxygen atoms in total. The number of nitrogens with one attached hydrogen (secondary N) is 2. The lowest BCUT2D eigenvalue weighted by molar-refractivity contribution is -0.118. The molecule has 1 fully saturated rings. The van der Waals surface area contributed by atoms with Crippen LogP contribution in [0.3, 0.4) is 0 Å². The van der Waals surface area contributed by atoms with Crippen LogP contribution in [0.25, 0.3) is 10.9 Å². The van der Waals surface area contributed by atoms with Gasteiger partial charge in [0, 0.05) is 17.1 Å². The number of fused-ring (bicyclic) bond motifs is 1. The molecule has 1 aliphatic rings. The van der Waals surface area contributed by atoms with E-state index < -0.39 is 5.41 Å². The first kappa shape index (κ1) is 15.3. The van der Waals surface area contributed by atoms with E-state index in [9.17, 15) is 10.1 Å². The molecule has 1 saturated carbocycles. The van der Waals surface area contributed by atoms with Gasteiger partial charge < -0.3 is 15.0 Å². The van der Waals surface area contributed by atoms with E-state index >= 15 is 0 Å². The average molecular weight is 331 g/mol. The molecule has 2 aromatic carbocycles. The van der Waals surface area contributed by atoms with E-state index in [4.69, 9.17) is 4.74 Å². The summed E-state index contributed by atoms with van der Waals surface area (Å²) in [6.45, 7) is 0. The number of methoxy groups -OCH3 is 1. The van der Waals surface area contributed by atoms with Gasteiger partial charge in [-0.25, -0.2) is 0 Å². The Morgan fingerprint density at radius 2 is 2.08 bits per heavy atom. The summed E-state index contributed by atoms with van der Waals surface area (Å²) in [6, 6.07) is 15.0. The highest BCUT2D eigenvalue weighted by atomic mass is 16.5. The number of carbonyl (C=O) groups is 1. The zero-order chi connectivity index (χ0) is 17.4. The van der Waals surface area contributed by atoms with Crippen LogP contribution in [0, 0.1) is 11.3 Å². The molecular formula is C20H17N3O2. The molecule has 1 heterocycles. The standard InChI is InChI=1S/C20H17N3O2/c1-25-14-6-7-18-15(10-14)16(12-22-18)20(8-9-20)19(24)23-17-5-3-2-4-13(17)11-21/h2-7,10,12,22H,8-9H2,1H3,(H,23,24). The van der Waals surface area contributed by atoms with Crippen LogP contribution in [0.4, 0.5) is 5.69 Å². The van der Waals surface area contributed by atoms with Crippen molar-refractivity contribution in [2.75, 3.05) is 12.4 Å². The van der Waals surface area contributed by atoms with Crippen LogP contribution in [-0.4, -0.2) is 18.0 Å². The predicted molar refractivity (Wildman–Crippen MR) is 95.5 cm³/mol. The fourth-order valence-electron chi connectivity index (χ4n) is 3.30. The van der Waals surface area contributed by atoms with Gasteiger partial charge in [0.15, 0.2) is 0 Å². The monoisotopic (exact) mass is 331 g/mol. The molecule has 5 heteroatoms. The minimum atomic E-state index is -0.548. The Balaban J connectivity index is 1.71. The Labute approximate surface area is 145 Å². The van der Waals surface area contributed by atoms with Crippen molar-refractivity contribution in [3.63, 3.8) is 0 Å². The topological polar surface area (TPSA) is 77.9 Å². The summed E-state index contributed by atoms with van der Waals surface area (Å²) in [5, 5.41) is 13.2. The summed E-state index contributed by atoms with van der Waals surface area (Å²) in [4.78, 5) is 16.2. The Kier molecular flexibility index (Phi) is 3.47. The maximum Gasteiger partial charge on any atom is 0.235 e. The number of hydrogen-bond donors (Lipinski definition) is 2. The van der Waals surface area contributed by atoms with Gasteiger partial charge in [0.05, 0.1) is 23.8 Å². The molecule has 0 radical (unpaired) electrons. The molecule has 2 N–H and O–H groups in total. The first-order valence-electron chi connectivity index (χ1n) is 8.14. The maximum absolute atomic E-state index is 13.0. The van der Waals surface area contributed by atoms with Crippen LogP contribution in [-0.2, 0) is 10.2 Å². The number of rotatable bonds is 4. The van der Waals surface area contributed by atoms with Gasteiger partial charge in [-0.15, -0.1) is 0 Å². The second-order valence-corrected chi connectivity index (χ2v) is 6.31. The summed E-state index contributed by atoms with van der Waals surface area (Å²) in [6.07, 6.45) is 3.49. The fraction of sp³-hybridized carbons (Fsp3) is 0.200. The smallest absolute Gasteiger partial charge is 0.235 e. The summed E-state index contributed by atoms with van der Waals surface area (Å²) in [7, 11) is 1.63. The number of nitrogens with zero attached hydrogens (tertiary/aromatic N) is 1. The number of nitriles is 1. The van der Waals surface area contributed by atoms with E-state index in [0.29, 0.717) is 11.3 Å². The quantitative estimate of drug-likeness (QED) is 0.765. The van der Waals surface area contributed by atoms with Crippen molar-refractivity contribution in [2.24, 2.45) is 0 Å². The second kappa shape index (κ2) is 5.67. The Morgan fingerprint density at radius 3 is 2.80 bits per heavy atom. The minimum Gasteiger partial charge on any atom is -0.497 e. The molecule has 0 atom stereocenters. The highest BCUT2D eigenvalue weighted by Gasteiger charge is 2.52. The van der Waals surface area contributed by atoms with Gasteiger partial charge in [-0.05, 0) is 48.7 Å². The van der Waals surface area contributed by atoms with Crippen LogP contribution in [0.2, 0.25) is 0 Å². The zero-order valence-electron chi connectivity index (χ0n) is 13.8. The number of hydrogen-bond acceptors (Lipinski definition) is 3. The lowest BCUT2D eigenvalue weighted by Crippen LogP contribution is -2.28. The lowest BCUT2D eigenvalue weighted by atomic mass is 9.94. The van der Waals surface area contributed by atoms with Crippen LogP contribution in [0.5, 0.6) is 5.75 Å². The predicted octanol–water partition coefficient (Wildman–Crippen LogP) is 3.72. The Bertz CT molecular complexity index is 1010. The molecule has 0 spiro atoms. The van der Waals surface area contributed by atoms with E-state index in [1.807, 2.05) is 30.5 Å². The molecule has 0 bridgehead atoms. The maximum atomic E-state index is 13.0. The molecule has 4 rings (SSSR count). The highest BCUT2D eigenvalue weighted by molar-refractivity contribution is 6.05. The number of amides is 1. The van der Waals surface area contributed by atoms with Gasteiger partial charge in [-0.3, -0.25) is 4.79 Å². The molecule has 1 aromatic heterocycles. The first-order valence-corrected chi connectivity index (χ1v) is 8.14. The van der Waals surface area contributed by atoms with Crippen molar-refractivity contribution in [1.29, 1.82) is 5.26 Å². The van der Waals surface area contributed by atoms with Crippen molar-refractivity contribution in [1.82, 2.24) is 4.98 Å². The molecular weight excluding hydrogens is 314 g/mol. The van der Waals surface area contributed by atoms with Crippen LogP contribution < -0.4 is 10.1 Å². The molecule has 124 valence electrons. The summed E-state index contributed by atoms with van der Waals surface area (Å²) in [5.74, 6) is 0.693. The van der Waals surface area contributed by atoms with E-state index in [1.54, 1.807) is 25.3 Å². The van der Waals surface area contributed by atoms with Crippen LogP contribution in [0.1, 0.15) is 24.0 Å². The third kappa shape index (κ3) is 2.43. The normalized spacial score (nSPS) is 14.7. The number of para-hydroxylation sites is 1. The largest absolute Gasteiger partial charge is 0.497 e. The molecule has 1 aliphatic carbocycles. The molecule has 0 saturated heterocycles. The Hall–Kier alpha value is -3.26. The number of aromatic nitrogens is 1. The van der Waals surface area contributed by atoms with E-state index in [0.717, 1.165) is 35.1 Å². The SMILES string of the molecule is COc1ccc2[nH]cc(C3(C(=O)Nc4ccccc4C#N)CC3)c2c1. The van der Waals surface area contributed by atoms with Gasteiger partial charge in [-0.2, -0.15) is 5.26 Å². The van der Waals surface area contributed by atoms with Gasteiger partial charge >= 0.3 is 0 Å². The van der Waals surface area contributed by atoms with Crippen molar-refractivity contribution in [3.05, 3.63) is 59.8 Å². The van der Waals surface area contributed by atoms with Gasteiger partial charge in [0.1, 0.15) is 11.8 Å². The number of benzene rings is 2. The van der Waals surface area contributed by atoms with Crippen molar-refractivity contribution in [2.45, 2.75) is 18.3 Å². The third-order valence-electron chi connectivity index (χ3n) is 4.88. The summed E-state index contributed by atoms with van der Waals surface area (Å²) < 4.78 is 5.32. The fourth-order valence-corrected chi connectivity index (χ4v) is 3.30. The number of anilines is 1. The van der Waals surface area contributed by atoms with Crippen LogP contribution in [0.15, 0.2) is 48.7 Å². The molecule has 0 aliphatic heterocycles. The number of H-pyrrole nitrogens is 1. The van der Waals surface area contributed by atoms with Gasteiger partial charge in [-0.1, -0.05) is 12.1 Å². The van der Waals surface area contributed by atoms with Crippen LogP contribution >= 0.6 is 0 Å². The second-order valence-electron chi connectivity index (χ2n) is 6.31. The number of ether oxygens (including phenoxy) is 1. The van der Waals surface area contributed by atoms with Crippen molar-refractivity contribution >= 4 is 22.5 Å². The Morgan fingerprint density at radius 1 is 1.28 bits per heavy atom. The number of aromatic amines is 1. The molecule has 0 unspecified atom stereocenters. The zero-order valence-corrected chi connectivity index (χ0v) is 13.8. The van der Waals surface area contributed by atoms with Gasteiger partial charge in [0.25, 0.3) is 0 Å². The summed E-state index contributed by atoms with van der Waals surface area (Å²) in [5.41, 5.74) is 2.43. The van der Waals surface area contributed by atoms with E-state index in [1.165, 1.54) is 0 Å². The minimum absolute atomic E-state index is 0.0704.